The van der Waals surface area contributed by atoms with E-state index in [1.807, 2.05) is 54.6 Å². The van der Waals surface area contributed by atoms with Crippen molar-refractivity contribution in [1.29, 1.82) is 0 Å². The molecule has 0 aromatic heterocycles. The van der Waals surface area contributed by atoms with Gasteiger partial charge in [-0.3, -0.25) is 0 Å². The van der Waals surface area contributed by atoms with Crippen LogP contribution in [0.1, 0.15) is 11.1 Å². The summed E-state index contributed by atoms with van der Waals surface area (Å²) < 4.78 is 5.67. The van der Waals surface area contributed by atoms with Gasteiger partial charge in [-0.15, -0.1) is 11.8 Å². The van der Waals surface area contributed by atoms with Crippen LogP contribution in [0.4, 0.5) is 0 Å². The van der Waals surface area contributed by atoms with Crippen molar-refractivity contribution in [3.05, 3.63) is 90.0 Å². The summed E-state index contributed by atoms with van der Waals surface area (Å²) in [6.45, 7) is 0.221. The molecule has 0 fully saturated rings. The molecule has 3 rings (SSSR count). The summed E-state index contributed by atoms with van der Waals surface area (Å²) in [6.07, 6.45) is 0.282. The Balaban J connectivity index is 1.45. The van der Waals surface area contributed by atoms with Gasteiger partial charge in [-0.2, -0.15) is 0 Å². The fourth-order valence-corrected chi connectivity index (χ4v) is 3.40. The first kappa shape index (κ1) is 18.4. The number of hydrogen-bond donors (Lipinski definition) is 2. The van der Waals surface area contributed by atoms with Crippen molar-refractivity contribution in [1.82, 2.24) is 0 Å². The van der Waals surface area contributed by atoms with Gasteiger partial charge in [-0.1, -0.05) is 54.6 Å². The quantitative estimate of drug-likeness (QED) is 0.576. The number of thioether (sulfide) groups is 1. The van der Waals surface area contributed by atoms with Crippen LogP contribution in [-0.4, -0.2) is 28.7 Å². The Labute approximate surface area is 158 Å². The van der Waals surface area contributed by atoms with Gasteiger partial charge in [0, 0.05) is 10.6 Å². The largest absolute Gasteiger partial charge is 0.507 e. The average Bonchev–Trinajstić information content (AvgIpc) is 2.68. The van der Waals surface area contributed by atoms with Crippen molar-refractivity contribution in [2.75, 3.05) is 12.4 Å². The van der Waals surface area contributed by atoms with E-state index in [2.05, 4.69) is 12.1 Å². The van der Waals surface area contributed by atoms with Crippen LogP contribution in [0.25, 0.3) is 0 Å². The minimum atomic E-state index is -0.608. The molecule has 0 spiro atoms. The van der Waals surface area contributed by atoms with E-state index in [1.54, 1.807) is 12.1 Å². The average molecular weight is 366 g/mol. The van der Waals surface area contributed by atoms with Crippen molar-refractivity contribution < 1.29 is 14.9 Å². The predicted molar refractivity (Wildman–Crippen MR) is 106 cm³/mol. The van der Waals surface area contributed by atoms with Crippen LogP contribution < -0.4 is 4.74 Å². The number of aliphatic hydroxyl groups excluding tert-OH is 1. The maximum atomic E-state index is 10.1. The molecule has 0 aliphatic rings. The van der Waals surface area contributed by atoms with E-state index in [4.69, 9.17) is 4.74 Å². The van der Waals surface area contributed by atoms with Gasteiger partial charge in [0.05, 0.1) is 6.10 Å². The molecule has 4 heteroatoms. The highest BCUT2D eigenvalue weighted by Crippen LogP contribution is 2.28. The third-order valence-corrected chi connectivity index (χ3v) is 5.12. The minimum Gasteiger partial charge on any atom is -0.507 e. The molecule has 0 bridgehead atoms. The van der Waals surface area contributed by atoms with Crippen molar-refractivity contribution in [3.63, 3.8) is 0 Å². The monoisotopic (exact) mass is 366 g/mol. The van der Waals surface area contributed by atoms with E-state index in [0.717, 1.165) is 17.1 Å². The van der Waals surface area contributed by atoms with Crippen molar-refractivity contribution in [2.24, 2.45) is 0 Å². The van der Waals surface area contributed by atoms with E-state index in [1.165, 1.54) is 22.9 Å². The number of benzene rings is 3. The SMILES string of the molecule is Oc1ccccc1SCC(O)COc1ccc(Cc2ccccc2)cc1. The van der Waals surface area contributed by atoms with Gasteiger partial charge in [-0.05, 0) is 41.8 Å². The lowest BCUT2D eigenvalue weighted by Gasteiger charge is -2.13. The highest BCUT2D eigenvalue weighted by molar-refractivity contribution is 7.99. The predicted octanol–water partition coefficient (Wildman–Crippen LogP) is 4.52. The summed E-state index contributed by atoms with van der Waals surface area (Å²) >= 11 is 1.41. The molecule has 0 radical (unpaired) electrons. The number of aliphatic hydroxyl groups is 1. The van der Waals surface area contributed by atoms with Crippen LogP contribution in [0.5, 0.6) is 11.5 Å². The van der Waals surface area contributed by atoms with Crippen LogP contribution in [0, 0.1) is 0 Å². The molecule has 0 aliphatic carbocycles. The molecule has 0 saturated heterocycles. The lowest BCUT2D eigenvalue weighted by molar-refractivity contribution is 0.126. The first-order chi connectivity index (χ1) is 12.7. The third kappa shape index (κ3) is 5.55. The number of rotatable bonds is 8. The van der Waals surface area contributed by atoms with E-state index in [-0.39, 0.29) is 12.4 Å². The van der Waals surface area contributed by atoms with Crippen LogP contribution in [0.3, 0.4) is 0 Å². The second-order valence-corrected chi connectivity index (χ2v) is 7.11. The molecule has 1 atom stereocenters. The van der Waals surface area contributed by atoms with Crippen LogP contribution >= 0.6 is 11.8 Å². The molecule has 134 valence electrons. The first-order valence-corrected chi connectivity index (χ1v) is 9.54. The highest BCUT2D eigenvalue weighted by atomic mass is 32.2. The third-order valence-electron chi connectivity index (χ3n) is 3.91. The van der Waals surface area contributed by atoms with Gasteiger partial charge in [0.2, 0.25) is 0 Å². The number of aromatic hydroxyl groups is 1. The smallest absolute Gasteiger partial charge is 0.129 e. The number of phenols is 1. The normalized spacial score (nSPS) is 11.9. The fraction of sp³-hybridized carbons (Fsp3) is 0.182. The molecule has 3 aromatic carbocycles. The molecule has 3 aromatic rings. The van der Waals surface area contributed by atoms with Gasteiger partial charge in [-0.25, -0.2) is 0 Å². The molecular formula is C22H22O3S. The van der Waals surface area contributed by atoms with E-state index >= 15 is 0 Å². The van der Waals surface area contributed by atoms with Crippen LogP contribution in [0.15, 0.2) is 83.8 Å². The Morgan fingerprint density at radius 2 is 1.46 bits per heavy atom. The number of phenolic OH excluding ortho intramolecular Hbond substituents is 1. The van der Waals surface area contributed by atoms with Gasteiger partial charge in [0.25, 0.3) is 0 Å². The van der Waals surface area contributed by atoms with E-state index < -0.39 is 6.10 Å². The Kier molecular flexibility index (Phi) is 6.58. The highest BCUT2D eigenvalue weighted by Gasteiger charge is 2.08. The van der Waals surface area contributed by atoms with Crippen LogP contribution in [0.2, 0.25) is 0 Å². The molecule has 0 saturated carbocycles. The lowest BCUT2D eigenvalue weighted by Crippen LogP contribution is -2.20. The van der Waals surface area contributed by atoms with Gasteiger partial charge in [0.15, 0.2) is 0 Å². The molecule has 3 nitrogen and oxygen atoms in total. The van der Waals surface area contributed by atoms with Gasteiger partial charge < -0.3 is 14.9 Å². The Morgan fingerprint density at radius 3 is 2.19 bits per heavy atom. The van der Waals surface area contributed by atoms with Crippen LogP contribution in [-0.2, 0) is 6.42 Å². The topological polar surface area (TPSA) is 49.7 Å². The number of hydrogen-bond acceptors (Lipinski definition) is 4. The number of ether oxygens (including phenoxy) is 1. The standard InChI is InChI=1S/C22H22O3S/c23-19(16-26-22-9-5-4-8-21(22)24)15-25-20-12-10-18(11-13-20)14-17-6-2-1-3-7-17/h1-13,19,23-24H,14-16H2. The second kappa shape index (κ2) is 9.32. The summed E-state index contributed by atoms with van der Waals surface area (Å²) in [5, 5.41) is 19.8. The summed E-state index contributed by atoms with van der Waals surface area (Å²) in [6, 6.07) is 25.4. The van der Waals surface area contributed by atoms with Crippen molar-refractivity contribution in [3.8, 4) is 11.5 Å². The first-order valence-electron chi connectivity index (χ1n) is 8.55. The molecule has 26 heavy (non-hydrogen) atoms. The van der Waals surface area contributed by atoms with Crippen molar-refractivity contribution >= 4 is 11.8 Å². The lowest BCUT2D eigenvalue weighted by atomic mass is 10.1. The van der Waals surface area contributed by atoms with Crippen molar-refractivity contribution in [2.45, 2.75) is 17.4 Å². The Hall–Kier alpha value is -2.43. The second-order valence-electron chi connectivity index (χ2n) is 6.05. The molecule has 0 amide bonds. The summed E-state index contributed by atoms with van der Waals surface area (Å²) in [7, 11) is 0. The molecular weight excluding hydrogens is 344 g/mol. The van der Waals surface area contributed by atoms with Gasteiger partial charge in [0.1, 0.15) is 18.1 Å². The summed E-state index contributed by atoms with van der Waals surface area (Å²) in [5.41, 5.74) is 2.50. The summed E-state index contributed by atoms with van der Waals surface area (Å²) in [5.74, 6) is 1.44. The maximum Gasteiger partial charge on any atom is 0.129 e. The Bertz CT molecular complexity index is 803. The molecule has 2 N–H and O–H groups in total. The zero-order valence-electron chi connectivity index (χ0n) is 14.4. The zero-order chi connectivity index (χ0) is 18.2. The fourth-order valence-electron chi connectivity index (χ4n) is 2.54. The minimum absolute atomic E-state index is 0.221. The number of para-hydroxylation sites is 1. The Morgan fingerprint density at radius 1 is 0.808 bits per heavy atom. The molecule has 0 aliphatic heterocycles. The zero-order valence-corrected chi connectivity index (χ0v) is 15.2. The molecule has 1 unspecified atom stereocenters. The van der Waals surface area contributed by atoms with E-state index in [9.17, 15) is 10.2 Å². The molecule has 0 heterocycles. The summed E-state index contributed by atoms with van der Waals surface area (Å²) in [4.78, 5) is 0.761. The van der Waals surface area contributed by atoms with Gasteiger partial charge >= 0.3 is 0 Å². The van der Waals surface area contributed by atoms with E-state index in [0.29, 0.717) is 5.75 Å². The maximum absolute atomic E-state index is 10.1.